The van der Waals surface area contributed by atoms with E-state index in [4.69, 9.17) is 0 Å². The monoisotopic (exact) mass is 285 g/mol. The summed E-state index contributed by atoms with van der Waals surface area (Å²) in [6.45, 7) is 0.837. The first-order valence-electron chi connectivity index (χ1n) is 4.98. The number of aromatic nitrogens is 1. The average Bonchev–Trinajstić information content (AvgIpc) is 2.57. The van der Waals surface area contributed by atoms with Gasteiger partial charge in [0.2, 0.25) is 0 Å². The molecule has 0 bridgehead atoms. The molecule has 1 heterocycles. The number of fused-ring (bicyclic) bond motifs is 1. The van der Waals surface area contributed by atoms with E-state index in [1.54, 1.807) is 11.5 Å². The van der Waals surface area contributed by atoms with Crippen molar-refractivity contribution < 1.29 is 0 Å². The second-order valence-electron chi connectivity index (χ2n) is 3.39. The molecule has 0 radical (unpaired) electrons. The molecule has 0 fully saturated rings. The minimum Gasteiger partial charge on any atom is -0.268 e. The first kappa shape index (κ1) is 10.9. The van der Waals surface area contributed by atoms with Crippen molar-refractivity contribution in [1.82, 2.24) is 3.96 Å². The van der Waals surface area contributed by atoms with E-state index in [9.17, 15) is 4.79 Å². The highest BCUT2D eigenvalue weighted by molar-refractivity contribution is 9.09. The van der Waals surface area contributed by atoms with Crippen LogP contribution in [-0.4, -0.2) is 9.29 Å². The Morgan fingerprint density at radius 2 is 2.07 bits per heavy atom. The van der Waals surface area contributed by atoms with Gasteiger partial charge in [0.15, 0.2) is 0 Å². The summed E-state index contributed by atoms with van der Waals surface area (Å²) < 4.78 is 2.94. The summed E-state index contributed by atoms with van der Waals surface area (Å²) in [5.41, 5.74) is 0.158. The number of alkyl halides is 1. The molecular formula is C11H12BrNOS. The highest BCUT2D eigenvalue weighted by atomic mass is 79.9. The molecule has 0 amide bonds. The van der Waals surface area contributed by atoms with Crippen molar-refractivity contribution in [3.63, 3.8) is 0 Å². The van der Waals surface area contributed by atoms with Crippen LogP contribution in [0, 0.1) is 0 Å². The Morgan fingerprint density at radius 1 is 1.27 bits per heavy atom. The quantitative estimate of drug-likeness (QED) is 0.624. The van der Waals surface area contributed by atoms with Gasteiger partial charge in [0.1, 0.15) is 0 Å². The zero-order valence-corrected chi connectivity index (χ0v) is 10.7. The number of hydrogen-bond acceptors (Lipinski definition) is 2. The maximum Gasteiger partial charge on any atom is 0.268 e. The molecule has 2 nitrogen and oxygen atoms in total. The number of unbranched alkanes of at least 4 members (excludes halogenated alkanes) is 1. The van der Waals surface area contributed by atoms with Gasteiger partial charge in [-0.05, 0) is 25.0 Å². The van der Waals surface area contributed by atoms with Crippen LogP contribution >= 0.6 is 27.5 Å². The van der Waals surface area contributed by atoms with Crippen LogP contribution < -0.4 is 5.56 Å². The van der Waals surface area contributed by atoms with Gasteiger partial charge in [-0.3, -0.25) is 8.75 Å². The predicted molar refractivity (Wildman–Crippen MR) is 69.1 cm³/mol. The summed E-state index contributed by atoms with van der Waals surface area (Å²) >= 11 is 4.96. The van der Waals surface area contributed by atoms with Crippen LogP contribution in [0.2, 0.25) is 0 Å². The molecule has 2 rings (SSSR count). The van der Waals surface area contributed by atoms with Crippen LogP contribution in [0.4, 0.5) is 0 Å². The number of rotatable bonds is 4. The normalized spacial score (nSPS) is 11.0. The van der Waals surface area contributed by atoms with E-state index in [1.807, 2.05) is 28.2 Å². The third-order valence-corrected chi connectivity index (χ3v) is 3.98. The van der Waals surface area contributed by atoms with E-state index in [0.29, 0.717) is 0 Å². The second-order valence-corrected chi connectivity index (χ2v) is 5.25. The van der Waals surface area contributed by atoms with Crippen molar-refractivity contribution in [2.45, 2.75) is 19.4 Å². The lowest BCUT2D eigenvalue weighted by Crippen LogP contribution is -2.12. The number of aryl methyl sites for hydroxylation is 1. The van der Waals surface area contributed by atoms with Crippen LogP contribution in [0.3, 0.4) is 0 Å². The molecule has 0 atom stereocenters. The number of halogens is 1. The second kappa shape index (κ2) is 4.94. The Balaban J connectivity index is 2.28. The Morgan fingerprint density at radius 3 is 2.80 bits per heavy atom. The van der Waals surface area contributed by atoms with Crippen molar-refractivity contribution in [2.24, 2.45) is 0 Å². The van der Waals surface area contributed by atoms with Crippen molar-refractivity contribution in [3.05, 3.63) is 34.6 Å². The molecule has 0 saturated heterocycles. The molecule has 1 aromatic heterocycles. The summed E-state index contributed by atoms with van der Waals surface area (Å²) in [6, 6.07) is 7.79. The molecule has 2 aromatic rings. The zero-order valence-electron chi connectivity index (χ0n) is 8.28. The fraction of sp³-hybridized carbons (Fsp3) is 0.364. The standard InChI is InChI=1S/C11H12BrNOS/c12-7-3-4-8-13-11(14)9-5-1-2-6-10(9)15-13/h1-2,5-6H,3-4,7-8H2. The largest absolute Gasteiger partial charge is 0.268 e. The van der Waals surface area contributed by atoms with Crippen LogP contribution in [0.1, 0.15) is 12.8 Å². The van der Waals surface area contributed by atoms with Gasteiger partial charge in [0.05, 0.1) is 10.1 Å². The van der Waals surface area contributed by atoms with Gasteiger partial charge < -0.3 is 0 Å². The lowest BCUT2D eigenvalue weighted by molar-refractivity contribution is 0.665. The van der Waals surface area contributed by atoms with Crippen LogP contribution in [0.25, 0.3) is 10.1 Å². The minimum atomic E-state index is 0.158. The minimum absolute atomic E-state index is 0.158. The van der Waals surface area contributed by atoms with Gasteiger partial charge in [0.25, 0.3) is 5.56 Å². The van der Waals surface area contributed by atoms with Gasteiger partial charge >= 0.3 is 0 Å². The van der Waals surface area contributed by atoms with Gasteiger partial charge in [-0.1, -0.05) is 39.6 Å². The number of nitrogens with zero attached hydrogens (tertiary/aromatic N) is 1. The first-order chi connectivity index (χ1) is 7.33. The van der Waals surface area contributed by atoms with E-state index in [1.165, 1.54) is 0 Å². The maximum atomic E-state index is 11.9. The summed E-state index contributed by atoms with van der Waals surface area (Å²) in [6.07, 6.45) is 2.17. The summed E-state index contributed by atoms with van der Waals surface area (Å²) in [7, 11) is 0. The van der Waals surface area contributed by atoms with Crippen molar-refractivity contribution in [1.29, 1.82) is 0 Å². The third kappa shape index (κ3) is 2.32. The molecule has 0 unspecified atom stereocenters. The Bertz CT molecular complexity index is 503. The van der Waals surface area contributed by atoms with Gasteiger partial charge in [-0.25, -0.2) is 0 Å². The van der Waals surface area contributed by atoms with E-state index < -0.39 is 0 Å². The van der Waals surface area contributed by atoms with Crippen molar-refractivity contribution in [2.75, 3.05) is 5.33 Å². The molecule has 1 aromatic carbocycles. The van der Waals surface area contributed by atoms with Crippen LogP contribution in [0.5, 0.6) is 0 Å². The molecule has 0 N–H and O–H groups in total. The predicted octanol–water partition coefficient (Wildman–Crippen LogP) is 3.24. The third-order valence-electron chi connectivity index (χ3n) is 2.30. The summed E-state index contributed by atoms with van der Waals surface area (Å²) in [4.78, 5) is 11.9. The van der Waals surface area contributed by atoms with Crippen LogP contribution in [0.15, 0.2) is 29.1 Å². The fourth-order valence-electron chi connectivity index (χ4n) is 1.51. The van der Waals surface area contributed by atoms with Gasteiger partial charge in [0, 0.05) is 11.9 Å². The van der Waals surface area contributed by atoms with Crippen molar-refractivity contribution in [3.8, 4) is 0 Å². The first-order valence-corrected chi connectivity index (χ1v) is 6.87. The summed E-state index contributed by atoms with van der Waals surface area (Å²) in [5.74, 6) is 0. The lowest BCUT2D eigenvalue weighted by Gasteiger charge is -1.97. The van der Waals surface area contributed by atoms with Gasteiger partial charge in [-0.2, -0.15) is 0 Å². The summed E-state index contributed by atoms with van der Waals surface area (Å²) in [5, 5.41) is 1.86. The fourth-order valence-corrected chi connectivity index (χ4v) is 2.94. The lowest BCUT2D eigenvalue weighted by atomic mass is 10.3. The zero-order chi connectivity index (χ0) is 10.7. The van der Waals surface area contributed by atoms with E-state index in [-0.39, 0.29) is 5.56 Å². The van der Waals surface area contributed by atoms with E-state index in [0.717, 1.165) is 34.8 Å². The molecule has 0 saturated carbocycles. The molecular weight excluding hydrogens is 274 g/mol. The van der Waals surface area contributed by atoms with E-state index in [2.05, 4.69) is 15.9 Å². The highest BCUT2D eigenvalue weighted by Crippen LogP contribution is 2.16. The van der Waals surface area contributed by atoms with E-state index >= 15 is 0 Å². The Labute approximate surface area is 101 Å². The van der Waals surface area contributed by atoms with Crippen molar-refractivity contribution >= 4 is 37.5 Å². The molecule has 0 aliphatic rings. The Kier molecular flexibility index (Phi) is 3.59. The van der Waals surface area contributed by atoms with Gasteiger partial charge in [-0.15, -0.1) is 0 Å². The Hall–Kier alpha value is -0.610. The molecule has 4 heteroatoms. The molecule has 0 aliphatic carbocycles. The highest BCUT2D eigenvalue weighted by Gasteiger charge is 2.05. The molecule has 0 aliphatic heterocycles. The average molecular weight is 286 g/mol. The number of benzene rings is 1. The molecule has 80 valence electrons. The molecule has 0 spiro atoms. The van der Waals surface area contributed by atoms with Crippen LogP contribution in [-0.2, 0) is 6.54 Å². The topological polar surface area (TPSA) is 22.0 Å². The maximum absolute atomic E-state index is 11.9. The SMILES string of the molecule is O=c1c2ccccc2sn1CCCCBr. The molecule has 15 heavy (non-hydrogen) atoms. The smallest absolute Gasteiger partial charge is 0.268 e. The number of hydrogen-bond donors (Lipinski definition) is 0.